The Morgan fingerprint density at radius 3 is 2.24 bits per heavy atom. The molecule has 2 aromatic rings. The molecule has 0 spiro atoms. The molecule has 4 N–H and O–H groups in total. The van der Waals surface area contributed by atoms with Gasteiger partial charge in [0.2, 0.25) is 0 Å². The Morgan fingerprint density at radius 2 is 1.59 bits per heavy atom. The third kappa shape index (κ3) is 2.69. The number of ether oxygens (including phenoxy) is 1. The highest BCUT2D eigenvalue weighted by Gasteiger charge is 2.04. The Kier molecular flexibility index (Phi) is 3.19. The van der Waals surface area contributed by atoms with Gasteiger partial charge in [-0.2, -0.15) is 0 Å². The minimum Gasteiger partial charge on any atom is -0.496 e. The van der Waals surface area contributed by atoms with Gasteiger partial charge in [-0.05, 0) is 29.3 Å². The standard InChI is InChI=1S/C14H16N2O/c1-17-14-9-13(16)7-4-11(14)8-10-2-5-12(15)6-3-10/h2-7,9H,8,15-16H2,1H3. The molecule has 2 aromatic carbocycles. The fraction of sp³-hybridized carbons (Fsp3) is 0.143. The molecule has 3 heteroatoms. The van der Waals surface area contributed by atoms with Crippen molar-refractivity contribution >= 4 is 11.4 Å². The lowest BCUT2D eigenvalue weighted by atomic mass is 10.0. The van der Waals surface area contributed by atoms with E-state index in [4.69, 9.17) is 16.2 Å². The molecular weight excluding hydrogens is 212 g/mol. The topological polar surface area (TPSA) is 61.3 Å². The molecule has 0 atom stereocenters. The van der Waals surface area contributed by atoms with Gasteiger partial charge in [0.05, 0.1) is 7.11 Å². The second kappa shape index (κ2) is 4.78. The Morgan fingerprint density at radius 1 is 0.941 bits per heavy atom. The molecule has 3 nitrogen and oxygen atoms in total. The highest BCUT2D eigenvalue weighted by molar-refractivity contribution is 5.50. The molecule has 0 aliphatic heterocycles. The van der Waals surface area contributed by atoms with Crippen LogP contribution in [0, 0.1) is 0 Å². The van der Waals surface area contributed by atoms with E-state index in [0.29, 0.717) is 5.69 Å². The zero-order valence-corrected chi connectivity index (χ0v) is 9.81. The summed E-state index contributed by atoms with van der Waals surface area (Å²) in [7, 11) is 1.65. The Labute approximate surface area is 101 Å². The first-order valence-corrected chi connectivity index (χ1v) is 5.46. The van der Waals surface area contributed by atoms with Crippen LogP contribution in [0.2, 0.25) is 0 Å². The molecule has 0 aromatic heterocycles. The second-order valence-corrected chi connectivity index (χ2v) is 3.99. The first-order valence-electron chi connectivity index (χ1n) is 5.46. The van der Waals surface area contributed by atoms with Gasteiger partial charge in [0.1, 0.15) is 5.75 Å². The lowest BCUT2D eigenvalue weighted by Gasteiger charge is -2.09. The zero-order chi connectivity index (χ0) is 12.3. The first-order chi connectivity index (χ1) is 8.19. The summed E-state index contributed by atoms with van der Waals surface area (Å²) in [4.78, 5) is 0. The van der Waals surface area contributed by atoms with Crippen molar-refractivity contribution in [1.29, 1.82) is 0 Å². The Bertz CT molecular complexity index is 506. The van der Waals surface area contributed by atoms with E-state index >= 15 is 0 Å². The average Bonchev–Trinajstić information content (AvgIpc) is 2.34. The van der Waals surface area contributed by atoms with Gasteiger partial charge < -0.3 is 16.2 Å². The summed E-state index contributed by atoms with van der Waals surface area (Å²) in [6.07, 6.45) is 0.809. The maximum Gasteiger partial charge on any atom is 0.124 e. The zero-order valence-electron chi connectivity index (χ0n) is 9.81. The van der Waals surface area contributed by atoms with E-state index < -0.39 is 0 Å². The molecular formula is C14H16N2O. The number of rotatable bonds is 3. The van der Waals surface area contributed by atoms with Crippen LogP contribution in [0.5, 0.6) is 5.75 Å². The fourth-order valence-corrected chi connectivity index (χ4v) is 1.76. The molecule has 0 saturated heterocycles. The van der Waals surface area contributed by atoms with Gasteiger partial charge in [0.15, 0.2) is 0 Å². The van der Waals surface area contributed by atoms with Crippen LogP contribution < -0.4 is 16.2 Å². The van der Waals surface area contributed by atoms with Crippen LogP contribution in [0.15, 0.2) is 42.5 Å². The molecule has 0 radical (unpaired) electrons. The molecule has 0 saturated carbocycles. The summed E-state index contributed by atoms with van der Waals surface area (Å²) in [5.41, 5.74) is 15.2. The molecule has 17 heavy (non-hydrogen) atoms. The van der Waals surface area contributed by atoms with Crippen LogP contribution in [0.3, 0.4) is 0 Å². The summed E-state index contributed by atoms with van der Waals surface area (Å²) in [5.74, 6) is 0.821. The van der Waals surface area contributed by atoms with Crippen LogP contribution >= 0.6 is 0 Å². The Balaban J connectivity index is 2.26. The number of benzene rings is 2. The van der Waals surface area contributed by atoms with Gasteiger partial charge in [-0.1, -0.05) is 18.2 Å². The van der Waals surface area contributed by atoms with E-state index in [1.165, 1.54) is 5.56 Å². The fourth-order valence-electron chi connectivity index (χ4n) is 1.76. The van der Waals surface area contributed by atoms with E-state index in [-0.39, 0.29) is 0 Å². The summed E-state index contributed by atoms with van der Waals surface area (Å²) in [6.45, 7) is 0. The van der Waals surface area contributed by atoms with E-state index in [0.717, 1.165) is 23.4 Å². The lowest BCUT2D eigenvalue weighted by Crippen LogP contribution is -1.96. The number of methoxy groups -OCH3 is 1. The summed E-state index contributed by atoms with van der Waals surface area (Å²) in [5, 5.41) is 0. The maximum atomic E-state index is 5.72. The van der Waals surface area contributed by atoms with Crippen molar-refractivity contribution in [1.82, 2.24) is 0 Å². The summed E-state index contributed by atoms with van der Waals surface area (Å²) >= 11 is 0. The number of hydrogen-bond donors (Lipinski definition) is 2. The van der Waals surface area contributed by atoms with E-state index in [2.05, 4.69) is 0 Å². The number of nitrogens with two attached hydrogens (primary N) is 2. The maximum absolute atomic E-state index is 5.72. The van der Waals surface area contributed by atoms with Gasteiger partial charge in [-0.3, -0.25) is 0 Å². The third-order valence-electron chi connectivity index (χ3n) is 2.69. The monoisotopic (exact) mass is 228 g/mol. The van der Waals surface area contributed by atoms with Crippen molar-refractivity contribution in [3.05, 3.63) is 53.6 Å². The number of hydrogen-bond acceptors (Lipinski definition) is 3. The molecule has 0 amide bonds. The molecule has 2 rings (SSSR count). The van der Waals surface area contributed by atoms with Gasteiger partial charge in [0.25, 0.3) is 0 Å². The highest BCUT2D eigenvalue weighted by atomic mass is 16.5. The first kappa shape index (κ1) is 11.3. The van der Waals surface area contributed by atoms with Crippen molar-refractivity contribution in [2.45, 2.75) is 6.42 Å². The van der Waals surface area contributed by atoms with Gasteiger partial charge >= 0.3 is 0 Å². The highest BCUT2D eigenvalue weighted by Crippen LogP contribution is 2.24. The summed E-state index contributed by atoms with van der Waals surface area (Å²) in [6, 6.07) is 13.6. The van der Waals surface area contributed by atoms with Crippen LogP contribution in [-0.4, -0.2) is 7.11 Å². The lowest BCUT2D eigenvalue weighted by molar-refractivity contribution is 0.411. The summed E-state index contributed by atoms with van der Waals surface area (Å²) < 4.78 is 5.32. The van der Waals surface area contributed by atoms with Crippen LogP contribution in [-0.2, 0) is 6.42 Å². The van der Waals surface area contributed by atoms with Gasteiger partial charge in [-0.15, -0.1) is 0 Å². The number of anilines is 2. The molecule has 0 unspecified atom stereocenters. The second-order valence-electron chi connectivity index (χ2n) is 3.99. The molecule has 88 valence electrons. The van der Waals surface area contributed by atoms with Gasteiger partial charge in [-0.25, -0.2) is 0 Å². The minimum atomic E-state index is 0.711. The minimum absolute atomic E-state index is 0.711. The van der Waals surface area contributed by atoms with Crippen molar-refractivity contribution < 1.29 is 4.74 Å². The van der Waals surface area contributed by atoms with Gasteiger partial charge in [0, 0.05) is 23.9 Å². The molecule has 0 bridgehead atoms. The number of nitrogen functional groups attached to an aromatic ring is 2. The molecule has 0 aliphatic rings. The van der Waals surface area contributed by atoms with E-state index in [1.807, 2.05) is 42.5 Å². The van der Waals surface area contributed by atoms with Crippen LogP contribution in [0.25, 0.3) is 0 Å². The molecule has 0 aliphatic carbocycles. The Hall–Kier alpha value is -2.16. The largest absolute Gasteiger partial charge is 0.496 e. The van der Waals surface area contributed by atoms with Crippen LogP contribution in [0.1, 0.15) is 11.1 Å². The normalized spacial score (nSPS) is 10.2. The predicted octanol–water partition coefficient (Wildman–Crippen LogP) is 2.45. The third-order valence-corrected chi connectivity index (χ3v) is 2.69. The predicted molar refractivity (Wildman–Crippen MR) is 71.1 cm³/mol. The van der Waals surface area contributed by atoms with E-state index in [9.17, 15) is 0 Å². The quantitative estimate of drug-likeness (QED) is 0.793. The van der Waals surface area contributed by atoms with E-state index in [1.54, 1.807) is 7.11 Å². The van der Waals surface area contributed by atoms with Crippen molar-refractivity contribution in [2.24, 2.45) is 0 Å². The average molecular weight is 228 g/mol. The smallest absolute Gasteiger partial charge is 0.124 e. The SMILES string of the molecule is COc1cc(N)ccc1Cc1ccc(N)cc1. The van der Waals surface area contributed by atoms with Crippen molar-refractivity contribution in [2.75, 3.05) is 18.6 Å². The molecule has 0 fully saturated rings. The van der Waals surface area contributed by atoms with Crippen molar-refractivity contribution in [3.8, 4) is 5.75 Å². The van der Waals surface area contributed by atoms with Crippen molar-refractivity contribution in [3.63, 3.8) is 0 Å². The van der Waals surface area contributed by atoms with Crippen LogP contribution in [0.4, 0.5) is 11.4 Å². The molecule has 0 heterocycles.